The van der Waals surface area contributed by atoms with Crippen molar-refractivity contribution in [3.8, 4) is 0 Å². The lowest BCUT2D eigenvalue weighted by molar-refractivity contribution is -0.136. The summed E-state index contributed by atoms with van der Waals surface area (Å²) in [5, 5.41) is 8.96. The first kappa shape index (κ1) is 21.1. The van der Waals surface area contributed by atoms with Gasteiger partial charge in [0.25, 0.3) is 0 Å². The van der Waals surface area contributed by atoms with E-state index in [1.807, 2.05) is 13.8 Å². The van der Waals surface area contributed by atoms with Gasteiger partial charge in [-0.05, 0) is 61.4 Å². The molecule has 0 spiro atoms. The van der Waals surface area contributed by atoms with Crippen molar-refractivity contribution >= 4 is 17.4 Å². The van der Waals surface area contributed by atoms with Gasteiger partial charge in [-0.25, -0.2) is 4.39 Å². The molecule has 0 unspecified atom stereocenters. The minimum absolute atomic E-state index is 0.0884. The van der Waals surface area contributed by atoms with E-state index in [-0.39, 0.29) is 12.2 Å². The van der Waals surface area contributed by atoms with Crippen molar-refractivity contribution in [2.24, 2.45) is 10.9 Å². The average molecular weight is 347 g/mol. The summed E-state index contributed by atoms with van der Waals surface area (Å²) in [5.74, 6) is -0.706. The van der Waals surface area contributed by atoms with Gasteiger partial charge in [0.05, 0.1) is 12.1 Å². The number of nitrogens with zero attached hydrogens (tertiary/aromatic N) is 1. The summed E-state index contributed by atoms with van der Waals surface area (Å²) in [7, 11) is 0. The highest BCUT2D eigenvalue weighted by Crippen LogP contribution is 2.28. The number of hydrogen-bond acceptors (Lipinski definition) is 2. The van der Waals surface area contributed by atoms with Crippen LogP contribution in [0.3, 0.4) is 0 Å². The van der Waals surface area contributed by atoms with Crippen LogP contribution in [0.1, 0.15) is 69.9 Å². The number of carboxylic acid groups (broad SMARTS) is 1. The van der Waals surface area contributed by atoms with Crippen LogP contribution in [0, 0.1) is 18.7 Å². The van der Waals surface area contributed by atoms with Crippen molar-refractivity contribution < 1.29 is 14.3 Å². The van der Waals surface area contributed by atoms with Gasteiger partial charge in [0.1, 0.15) is 5.82 Å². The Morgan fingerprint density at radius 3 is 2.44 bits per heavy atom. The molecular weight excluding hydrogens is 317 g/mol. The van der Waals surface area contributed by atoms with Crippen LogP contribution in [0.5, 0.6) is 0 Å². The number of aliphatic imine (C=N–C) groups is 1. The van der Waals surface area contributed by atoms with Crippen LogP contribution in [0.15, 0.2) is 29.8 Å². The Hall–Kier alpha value is -1.97. The second-order valence-electron chi connectivity index (χ2n) is 6.24. The fraction of sp³-hybridized carbons (Fsp3) is 0.524. The van der Waals surface area contributed by atoms with Crippen LogP contribution in [0.4, 0.5) is 4.39 Å². The van der Waals surface area contributed by atoms with E-state index in [9.17, 15) is 9.18 Å². The lowest BCUT2D eigenvalue weighted by atomic mass is 9.84. The summed E-state index contributed by atoms with van der Waals surface area (Å²) in [5.41, 5.74) is 2.86. The molecule has 1 aliphatic rings. The number of carbonyl (C=O) groups is 1. The lowest BCUT2D eigenvalue weighted by Crippen LogP contribution is -2.19. The second-order valence-corrected chi connectivity index (χ2v) is 6.24. The molecule has 0 aliphatic heterocycles. The third kappa shape index (κ3) is 6.81. The van der Waals surface area contributed by atoms with Gasteiger partial charge >= 0.3 is 5.97 Å². The number of hydrogen-bond donors (Lipinski definition) is 1. The SMILES string of the molecule is C=C(N=C(CCC(=O)O)C1CCCCC1)c1ccc(F)c(C)c1.CC. The quantitative estimate of drug-likeness (QED) is 0.640. The van der Waals surface area contributed by atoms with Gasteiger partial charge in [0, 0.05) is 5.71 Å². The maximum atomic E-state index is 13.4. The van der Waals surface area contributed by atoms with Crippen molar-refractivity contribution in [2.45, 2.75) is 65.7 Å². The molecule has 2 rings (SSSR count). The first-order chi connectivity index (χ1) is 12.0. The van der Waals surface area contributed by atoms with E-state index in [1.165, 1.54) is 25.3 Å². The summed E-state index contributed by atoms with van der Waals surface area (Å²) in [6, 6.07) is 4.82. The van der Waals surface area contributed by atoms with E-state index < -0.39 is 5.97 Å². The smallest absolute Gasteiger partial charge is 0.303 e. The Kier molecular flexibility index (Phi) is 9.11. The van der Waals surface area contributed by atoms with Crippen LogP contribution in [-0.4, -0.2) is 16.8 Å². The van der Waals surface area contributed by atoms with Crippen molar-refractivity contribution in [1.29, 1.82) is 0 Å². The van der Waals surface area contributed by atoms with Crippen molar-refractivity contribution in [1.82, 2.24) is 0 Å². The van der Waals surface area contributed by atoms with E-state index >= 15 is 0 Å². The van der Waals surface area contributed by atoms with E-state index in [2.05, 4.69) is 11.6 Å². The van der Waals surface area contributed by atoms with E-state index in [0.29, 0.717) is 23.6 Å². The molecule has 0 atom stereocenters. The van der Waals surface area contributed by atoms with Crippen molar-refractivity contribution in [3.05, 3.63) is 41.7 Å². The van der Waals surface area contributed by atoms with Crippen molar-refractivity contribution in [2.75, 3.05) is 0 Å². The summed E-state index contributed by atoms with van der Waals surface area (Å²) in [6.45, 7) is 9.71. The largest absolute Gasteiger partial charge is 0.481 e. The van der Waals surface area contributed by atoms with Gasteiger partial charge < -0.3 is 5.11 Å². The molecular formula is C21H30FNO2. The number of aryl methyl sites for hydroxylation is 1. The Morgan fingerprint density at radius 2 is 1.88 bits per heavy atom. The minimum Gasteiger partial charge on any atom is -0.481 e. The monoisotopic (exact) mass is 347 g/mol. The molecule has 0 heterocycles. The number of halogens is 1. The fourth-order valence-electron chi connectivity index (χ4n) is 3.08. The van der Waals surface area contributed by atoms with Crippen LogP contribution in [-0.2, 0) is 4.79 Å². The van der Waals surface area contributed by atoms with Crippen LogP contribution in [0.2, 0.25) is 0 Å². The molecule has 138 valence electrons. The maximum absolute atomic E-state index is 13.4. The first-order valence-electron chi connectivity index (χ1n) is 9.22. The van der Waals surface area contributed by atoms with Gasteiger partial charge in [-0.1, -0.05) is 39.7 Å². The summed E-state index contributed by atoms with van der Waals surface area (Å²) in [4.78, 5) is 15.6. The Morgan fingerprint density at radius 1 is 1.24 bits per heavy atom. The topological polar surface area (TPSA) is 49.7 Å². The summed E-state index contributed by atoms with van der Waals surface area (Å²) >= 11 is 0. The zero-order chi connectivity index (χ0) is 18.8. The molecule has 3 nitrogen and oxygen atoms in total. The molecule has 0 bridgehead atoms. The second kappa shape index (κ2) is 10.8. The molecule has 1 fully saturated rings. The predicted octanol–water partition coefficient (Wildman–Crippen LogP) is 6.02. The highest BCUT2D eigenvalue weighted by atomic mass is 19.1. The summed E-state index contributed by atoms with van der Waals surface area (Å²) in [6.07, 6.45) is 6.24. The molecule has 1 aromatic carbocycles. The molecule has 0 amide bonds. The van der Waals surface area contributed by atoms with Crippen molar-refractivity contribution in [3.63, 3.8) is 0 Å². The first-order valence-corrected chi connectivity index (χ1v) is 9.22. The standard InChI is InChI=1S/C19H24FNO2.C2H6/c1-13-12-16(8-9-17(13)20)14(2)21-18(10-11-19(22)23)15-6-4-3-5-7-15;1-2/h8-9,12,15H,2-7,10-11H2,1H3,(H,22,23);1-2H3. The highest BCUT2D eigenvalue weighted by Gasteiger charge is 2.20. The zero-order valence-electron chi connectivity index (χ0n) is 15.6. The van der Waals surface area contributed by atoms with Gasteiger partial charge in [0.2, 0.25) is 0 Å². The van der Waals surface area contributed by atoms with Gasteiger partial charge in [-0.3, -0.25) is 9.79 Å². The van der Waals surface area contributed by atoms with Gasteiger partial charge in [-0.2, -0.15) is 0 Å². The van der Waals surface area contributed by atoms with E-state index in [0.717, 1.165) is 24.1 Å². The molecule has 0 radical (unpaired) electrons. The minimum atomic E-state index is -0.809. The molecule has 25 heavy (non-hydrogen) atoms. The molecule has 4 heteroatoms. The number of aliphatic carboxylic acids is 1. The number of benzene rings is 1. The molecule has 1 aliphatic carbocycles. The Bertz CT molecular complexity index is 616. The Labute approximate surface area is 150 Å². The third-order valence-corrected chi connectivity index (χ3v) is 4.44. The average Bonchev–Trinajstić information content (AvgIpc) is 2.63. The Balaban J connectivity index is 0.00000151. The number of rotatable bonds is 6. The maximum Gasteiger partial charge on any atom is 0.303 e. The normalized spacial score (nSPS) is 15.3. The highest BCUT2D eigenvalue weighted by molar-refractivity contribution is 5.93. The van der Waals surface area contributed by atoms with Crippen LogP contribution in [0.25, 0.3) is 5.70 Å². The van der Waals surface area contributed by atoms with Gasteiger partial charge in [0.15, 0.2) is 0 Å². The van der Waals surface area contributed by atoms with E-state index in [4.69, 9.17) is 5.11 Å². The summed E-state index contributed by atoms with van der Waals surface area (Å²) < 4.78 is 13.4. The molecule has 1 saturated carbocycles. The molecule has 0 saturated heterocycles. The van der Waals surface area contributed by atoms with Gasteiger partial charge in [-0.15, -0.1) is 0 Å². The zero-order valence-corrected chi connectivity index (χ0v) is 15.6. The fourth-order valence-corrected chi connectivity index (χ4v) is 3.08. The molecule has 1 aromatic rings. The predicted molar refractivity (Wildman–Crippen MR) is 102 cm³/mol. The third-order valence-electron chi connectivity index (χ3n) is 4.44. The van der Waals surface area contributed by atoms with Crippen LogP contribution >= 0.6 is 0 Å². The molecule has 1 N–H and O–H groups in total. The van der Waals surface area contributed by atoms with E-state index in [1.54, 1.807) is 19.1 Å². The number of carboxylic acids is 1. The van der Waals surface area contributed by atoms with Crippen LogP contribution < -0.4 is 0 Å². The molecule has 0 aromatic heterocycles. The lowest BCUT2D eigenvalue weighted by Gasteiger charge is -2.23.